The number of hydrogen-bond donors (Lipinski definition) is 1. The molecule has 1 nitrogen and oxygen atoms in total. The van der Waals surface area contributed by atoms with E-state index in [-0.39, 0.29) is 0 Å². The second kappa shape index (κ2) is 3.92. The Balaban J connectivity index is 2.32. The third-order valence-electron chi connectivity index (χ3n) is 3.27. The van der Waals surface area contributed by atoms with Crippen LogP contribution in [-0.2, 0) is 5.41 Å². The van der Waals surface area contributed by atoms with Crippen LogP contribution in [0.4, 0.5) is 0 Å². The number of rotatable bonds is 3. The van der Waals surface area contributed by atoms with E-state index in [1.807, 2.05) is 19.2 Å². The van der Waals surface area contributed by atoms with Crippen molar-refractivity contribution in [2.75, 3.05) is 13.6 Å². The molecule has 0 saturated heterocycles. The zero-order valence-electron chi connectivity index (χ0n) is 8.52. The minimum Gasteiger partial charge on any atom is -0.319 e. The summed E-state index contributed by atoms with van der Waals surface area (Å²) in [6.45, 7) is 1.04. The predicted molar refractivity (Wildman–Crippen MR) is 60.9 cm³/mol. The molecule has 0 atom stereocenters. The van der Waals surface area contributed by atoms with Crippen molar-refractivity contribution in [2.24, 2.45) is 0 Å². The van der Waals surface area contributed by atoms with Crippen LogP contribution >= 0.6 is 11.6 Å². The first kappa shape index (κ1) is 10.0. The fourth-order valence-electron chi connectivity index (χ4n) is 2.37. The summed E-state index contributed by atoms with van der Waals surface area (Å²) in [5.41, 5.74) is 1.63. The van der Waals surface area contributed by atoms with Crippen molar-refractivity contribution >= 4 is 11.6 Å². The van der Waals surface area contributed by atoms with E-state index in [1.165, 1.54) is 24.8 Å². The Morgan fingerprint density at radius 1 is 1.36 bits per heavy atom. The van der Waals surface area contributed by atoms with Gasteiger partial charge in [0.2, 0.25) is 0 Å². The van der Waals surface area contributed by atoms with Gasteiger partial charge in [0.15, 0.2) is 0 Å². The second-order valence-corrected chi connectivity index (χ2v) is 4.55. The maximum absolute atomic E-state index is 6.23. The van der Waals surface area contributed by atoms with Crippen LogP contribution in [0.1, 0.15) is 24.8 Å². The molecular formula is C12H16ClN. The third kappa shape index (κ3) is 1.55. The summed E-state index contributed by atoms with van der Waals surface area (Å²) in [7, 11) is 2.01. The van der Waals surface area contributed by atoms with Crippen LogP contribution in [0.3, 0.4) is 0 Å². The zero-order valence-corrected chi connectivity index (χ0v) is 9.27. The largest absolute Gasteiger partial charge is 0.319 e. The molecule has 1 saturated carbocycles. The topological polar surface area (TPSA) is 12.0 Å². The molecule has 1 aliphatic rings. The van der Waals surface area contributed by atoms with Gasteiger partial charge in [0.25, 0.3) is 0 Å². The van der Waals surface area contributed by atoms with Crippen molar-refractivity contribution < 1.29 is 0 Å². The lowest BCUT2D eigenvalue weighted by atomic mass is 9.64. The first-order valence-corrected chi connectivity index (χ1v) is 5.56. The van der Waals surface area contributed by atoms with E-state index < -0.39 is 0 Å². The smallest absolute Gasteiger partial charge is 0.0444 e. The van der Waals surface area contributed by atoms with Crippen LogP contribution in [-0.4, -0.2) is 13.6 Å². The minimum absolute atomic E-state index is 0.313. The van der Waals surface area contributed by atoms with Gasteiger partial charge in [0.05, 0.1) is 0 Å². The van der Waals surface area contributed by atoms with Gasteiger partial charge in [-0.15, -0.1) is 0 Å². The molecule has 0 radical (unpaired) electrons. The molecule has 1 aromatic rings. The molecule has 0 bridgehead atoms. The van der Waals surface area contributed by atoms with Gasteiger partial charge in [-0.05, 0) is 31.5 Å². The Labute approximate surface area is 90.5 Å². The van der Waals surface area contributed by atoms with Gasteiger partial charge in [-0.2, -0.15) is 0 Å². The number of benzene rings is 1. The van der Waals surface area contributed by atoms with Crippen LogP contribution in [0.15, 0.2) is 24.3 Å². The van der Waals surface area contributed by atoms with E-state index in [0.717, 1.165) is 11.6 Å². The normalized spacial score (nSPS) is 19.0. The van der Waals surface area contributed by atoms with Gasteiger partial charge >= 0.3 is 0 Å². The summed E-state index contributed by atoms with van der Waals surface area (Å²) >= 11 is 6.23. The number of nitrogens with one attached hydrogen (secondary N) is 1. The molecule has 76 valence electrons. The Hall–Kier alpha value is -0.530. The second-order valence-electron chi connectivity index (χ2n) is 4.14. The highest BCUT2D eigenvalue weighted by Gasteiger charge is 2.39. The quantitative estimate of drug-likeness (QED) is 0.807. The van der Waals surface area contributed by atoms with Gasteiger partial charge in [-0.3, -0.25) is 0 Å². The van der Waals surface area contributed by atoms with E-state index >= 15 is 0 Å². The number of hydrogen-bond acceptors (Lipinski definition) is 1. The van der Waals surface area contributed by atoms with Gasteiger partial charge in [0.1, 0.15) is 0 Å². The standard InChI is InChI=1S/C12H16ClN/c1-14-9-12(7-4-8-12)10-5-2-3-6-11(10)13/h2-3,5-6,14H,4,7-9H2,1H3. The number of likely N-dealkylation sites (N-methyl/N-ethyl adjacent to an activating group) is 1. The monoisotopic (exact) mass is 209 g/mol. The summed E-state index contributed by atoms with van der Waals surface area (Å²) in [4.78, 5) is 0. The Morgan fingerprint density at radius 3 is 2.57 bits per heavy atom. The highest BCUT2D eigenvalue weighted by atomic mass is 35.5. The van der Waals surface area contributed by atoms with Gasteiger partial charge < -0.3 is 5.32 Å². The Bertz CT molecular complexity index is 318. The lowest BCUT2D eigenvalue weighted by Crippen LogP contribution is -2.42. The summed E-state index contributed by atoms with van der Waals surface area (Å²) in [5, 5.41) is 4.20. The molecule has 1 fully saturated rings. The summed E-state index contributed by atoms with van der Waals surface area (Å²) < 4.78 is 0. The van der Waals surface area contributed by atoms with Crippen molar-refractivity contribution in [3.05, 3.63) is 34.9 Å². The first-order valence-electron chi connectivity index (χ1n) is 5.18. The van der Waals surface area contributed by atoms with Crippen molar-refractivity contribution in [2.45, 2.75) is 24.7 Å². The van der Waals surface area contributed by atoms with E-state index in [4.69, 9.17) is 11.6 Å². The lowest BCUT2D eigenvalue weighted by molar-refractivity contribution is 0.239. The highest BCUT2D eigenvalue weighted by molar-refractivity contribution is 6.31. The van der Waals surface area contributed by atoms with Crippen molar-refractivity contribution in [3.8, 4) is 0 Å². The minimum atomic E-state index is 0.313. The predicted octanol–water partition coefficient (Wildman–Crippen LogP) is 2.98. The number of halogens is 1. The lowest BCUT2D eigenvalue weighted by Gasteiger charge is -2.43. The Kier molecular flexibility index (Phi) is 2.80. The van der Waals surface area contributed by atoms with Gasteiger partial charge in [-0.1, -0.05) is 36.2 Å². The van der Waals surface area contributed by atoms with Crippen molar-refractivity contribution in [1.29, 1.82) is 0 Å². The van der Waals surface area contributed by atoms with Crippen molar-refractivity contribution in [3.63, 3.8) is 0 Å². The third-order valence-corrected chi connectivity index (χ3v) is 3.60. The van der Waals surface area contributed by atoms with Crippen LogP contribution in [0.5, 0.6) is 0 Å². The SMILES string of the molecule is CNCC1(c2ccccc2Cl)CCC1. The summed E-state index contributed by atoms with van der Waals surface area (Å²) in [6, 6.07) is 8.24. The molecule has 0 heterocycles. The molecule has 0 aromatic heterocycles. The molecule has 14 heavy (non-hydrogen) atoms. The van der Waals surface area contributed by atoms with Crippen molar-refractivity contribution in [1.82, 2.24) is 5.32 Å². The molecule has 1 aromatic carbocycles. The molecular weight excluding hydrogens is 194 g/mol. The fourth-order valence-corrected chi connectivity index (χ4v) is 2.71. The summed E-state index contributed by atoms with van der Waals surface area (Å²) in [5.74, 6) is 0. The fraction of sp³-hybridized carbons (Fsp3) is 0.500. The maximum Gasteiger partial charge on any atom is 0.0444 e. The van der Waals surface area contributed by atoms with E-state index in [2.05, 4.69) is 17.4 Å². The van der Waals surface area contributed by atoms with E-state index in [1.54, 1.807) is 0 Å². The van der Waals surface area contributed by atoms with Crippen LogP contribution < -0.4 is 5.32 Å². The molecule has 2 heteroatoms. The molecule has 0 spiro atoms. The highest BCUT2D eigenvalue weighted by Crippen LogP contribution is 2.45. The molecule has 0 unspecified atom stereocenters. The van der Waals surface area contributed by atoms with Crippen LogP contribution in [0.2, 0.25) is 5.02 Å². The molecule has 1 aliphatic carbocycles. The molecule has 0 amide bonds. The van der Waals surface area contributed by atoms with E-state index in [9.17, 15) is 0 Å². The first-order chi connectivity index (χ1) is 6.78. The molecule has 0 aliphatic heterocycles. The maximum atomic E-state index is 6.23. The van der Waals surface area contributed by atoms with Gasteiger partial charge in [0, 0.05) is 17.0 Å². The van der Waals surface area contributed by atoms with Crippen LogP contribution in [0.25, 0.3) is 0 Å². The zero-order chi connectivity index (χ0) is 10.0. The molecule has 2 rings (SSSR count). The van der Waals surface area contributed by atoms with Gasteiger partial charge in [-0.25, -0.2) is 0 Å². The van der Waals surface area contributed by atoms with Crippen LogP contribution in [0, 0.1) is 0 Å². The average Bonchev–Trinajstić information content (AvgIpc) is 2.13. The molecule has 1 N–H and O–H groups in total. The average molecular weight is 210 g/mol. The Morgan fingerprint density at radius 2 is 2.07 bits per heavy atom. The summed E-state index contributed by atoms with van der Waals surface area (Å²) in [6.07, 6.45) is 3.85. The van der Waals surface area contributed by atoms with E-state index in [0.29, 0.717) is 5.41 Å².